The quantitative estimate of drug-likeness (QED) is 0.144. The minimum absolute atomic E-state index is 0.0647. The van der Waals surface area contributed by atoms with Gasteiger partial charge in [-0.2, -0.15) is 0 Å². The van der Waals surface area contributed by atoms with E-state index in [4.69, 9.17) is 15.2 Å². The fraction of sp³-hybridized carbons (Fsp3) is 0.263. The van der Waals surface area contributed by atoms with E-state index in [0.717, 1.165) is 68.4 Å². The van der Waals surface area contributed by atoms with Crippen molar-refractivity contribution in [3.8, 4) is 61.8 Å². The molecule has 0 radical (unpaired) electrons. The third-order valence-corrected chi connectivity index (χ3v) is 17.4. The van der Waals surface area contributed by atoms with Crippen LogP contribution in [-0.2, 0) is 27.1 Å². The summed E-state index contributed by atoms with van der Waals surface area (Å²) in [5.41, 5.74) is 9.10. The molecular formula is C80H80N4O. The number of anilines is 4. The van der Waals surface area contributed by atoms with Crippen molar-refractivity contribution in [2.24, 2.45) is 0 Å². The summed E-state index contributed by atoms with van der Waals surface area (Å²) in [7, 11) is 0. The highest BCUT2D eigenvalue weighted by Crippen LogP contribution is 2.54. The Balaban J connectivity index is 0.954. The van der Waals surface area contributed by atoms with Crippen LogP contribution in [0.15, 0.2) is 212 Å². The molecule has 11 aromatic rings. The lowest BCUT2D eigenvalue weighted by Gasteiger charge is -2.42. The number of pyridine rings is 1. The van der Waals surface area contributed by atoms with E-state index in [9.17, 15) is 9.60 Å². The molecule has 0 fully saturated rings. The number of aromatic nitrogens is 2. The standard InChI is InChI=1S/C80H80N4O/c1-76(2,3)57-37-33-53(34-38-57)52-29-31-54(32-30-52)65-46-58(77(4,5)6)47-66(55-35-41-68-69(45-55)80(12,13)44-43-79(68,10)11)75(65)83-51-82(71-27-18-19-28-72(71)83)59-21-20-22-60(48-59)85-61-39-40-64-63-24-15-17-26-70(63)84(73(64)49-61)74-42-36-56(50-81-74)62-23-14-16-25-67(62)78(7,8)9/h14-42,45-50H,43-44,51H2,1-13H3/i14D,16D,23D,25D,29D,30D,31D,32D,35D,41D,45D. The number of rotatable bonds is 9. The Morgan fingerprint density at radius 3 is 1.78 bits per heavy atom. The molecule has 0 atom stereocenters. The van der Waals surface area contributed by atoms with Gasteiger partial charge in [0.2, 0.25) is 0 Å². The smallest absolute Gasteiger partial charge is 0.137 e. The molecule has 5 heteroatoms. The second kappa shape index (κ2) is 20.5. The Kier molecular flexibility index (Phi) is 10.6. The fourth-order valence-corrected chi connectivity index (χ4v) is 12.4. The number of hydrogen-bond donors (Lipinski definition) is 0. The van der Waals surface area contributed by atoms with E-state index in [0.29, 0.717) is 61.9 Å². The number of ether oxygens (including phenoxy) is 1. The summed E-state index contributed by atoms with van der Waals surface area (Å²) in [4.78, 5) is 9.26. The highest BCUT2D eigenvalue weighted by Gasteiger charge is 2.38. The maximum atomic E-state index is 10.5. The normalized spacial score (nSPS) is 16.7. The highest BCUT2D eigenvalue weighted by atomic mass is 16.5. The van der Waals surface area contributed by atoms with Crippen LogP contribution in [0.2, 0.25) is 0 Å². The molecule has 0 N–H and O–H groups in total. The second-order valence-corrected chi connectivity index (χ2v) is 27.5. The van der Waals surface area contributed by atoms with Gasteiger partial charge in [0.05, 0.1) is 43.2 Å². The van der Waals surface area contributed by atoms with Crippen LogP contribution in [-0.4, -0.2) is 16.2 Å². The molecule has 0 amide bonds. The first-order valence-corrected chi connectivity index (χ1v) is 29.7. The van der Waals surface area contributed by atoms with Crippen LogP contribution in [0.25, 0.3) is 72.1 Å². The molecule has 0 spiro atoms. The summed E-state index contributed by atoms with van der Waals surface area (Å²) in [5, 5.41) is 1.98. The van der Waals surface area contributed by atoms with Crippen molar-refractivity contribution >= 4 is 44.6 Å². The number of benzene rings is 9. The molecule has 0 saturated heterocycles. The largest absolute Gasteiger partial charge is 0.457 e. The number of hydrogen-bond acceptors (Lipinski definition) is 4. The van der Waals surface area contributed by atoms with Crippen molar-refractivity contribution < 1.29 is 19.8 Å². The van der Waals surface area contributed by atoms with Crippen LogP contribution >= 0.6 is 0 Å². The Hall–Kier alpha value is -8.67. The van der Waals surface area contributed by atoms with Crippen LogP contribution < -0.4 is 14.5 Å². The number of fused-ring (bicyclic) bond motifs is 5. The fourth-order valence-electron chi connectivity index (χ4n) is 12.4. The van der Waals surface area contributed by atoms with E-state index in [-0.39, 0.29) is 95.2 Å². The Morgan fingerprint density at radius 1 is 0.471 bits per heavy atom. The van der Waals surface area contributed by atoms with Gasteiger partial charge in [0.15, 0.2) is 0 Å². The molecule has 426 valence electrons. The topological polar surface area (TPSA) is 33.5 Å². The summed E-state index contributed by atoms with van der Waals surface area (Å²) in [6.45, 7) is 27.1. The van der Waals surface area contributed by atoms with Crippen LogP contribution in [0, 0.1) is 0 Å². The van der Waals surface area contributed by atoms with Crippen LogP contribution in [0.3, 0.4) is 0 Å². The summed E-state index contributed by atoms with van der Waals surface area (Å²) in [6, 6.07) is 43.9. The Labute approximate surface area is 520 Å². The molecule has 0 saturated carbocycles. The summed E-state index contributed by atoms with van der Waals surface area (Å²) >= 11 is 0. The molecule has 85 heavy (non-hydrogen) atoms. The first-order valence-electron chi connectivity index (χ1n) is 35.2. The zero-order valence-corrected chi connectivity index (χ0v) is 51.2. The summed E-state index contributed by atoms with van der Waals surface area (Å²) < 4.78 is 114. The molecule has 1 aliphatic carbocycles. The summed E-state index contributed by atoms with van der Waals surface area (Å²) in [6.07, 6.45) is 3.24. The van der Waals surface area contributed by atoms with Gasteiger partial charge in [0.25, 0.3) is 0 Å². The van der Waals surface area contributed by atoms with E-state index in [2.05, 4.69) is 89.7 Å². The first kappa shape index (κ1) is 43.9. The molecule has 5 nitrogen and oxygen atoms in total. The van der Waals surface area contributed by atoms with Crippen LogP contribution in [0.5, 0.6) is 11.5 Å². The molecule has 2 aromatic heterocycles. The number of para-hydroxylation sites is 3. The minimum atomic E-state index is -0.592. The van der Waals surface area contributed by atoms with Gasteiger partial charge in [-0.3, -0.25) is 4.57 Å². The first-order chi connectivity index (χ1) is 45.1. The minimum Gasteiger partial charge on any atom is -0.457 e. The van der Waals surface area contributed by atoms with Gasteiger partial charge in [-0.15, -0.1) is 0 Å². The predicted molar refractivity (Wildman–Crippen MR) is 360 cm³/mol. The van der Waals surface area contributed by atoms with Crippen LogP contribution in [0.4, 0.5) is 22.7 Å². The van der Waals surface area contributed by atoms with Gasteiger partial charge in [-0.05, 0) is 162 Å². The van der Waals surface area contributed by atoms with E-state index < -0.39 is 21.7 Å². The van der Waals surface area contributed by atoms with Gasteiger partial charge in [-0.25, -0.2) is 4.98 Å². The van der Waals surface area contributed by atoms with Crippen molar-refractivity contribution in [1.82, 2.24) is 9.55 Å². The van der Waals surface area contributed by atoms with E-state index >= 15 is 0 Å². The van der Waals surface area contributed by atoms with Gasteiger partial charge in [-0.1, -0.05) is 217 Å². The van der Waals surface area contributed by atoms with E-state index in [1.807, 2.05) is 154 Å². The van der Waals surface area contributed by atoms with Crippen molar-refractivity contribution in [1.29, 1.82) is 0 Å². The molecule has 0 unspecified atom stereocenters. The zero-order chi connectivity index (χ0) is 68.9. The molecule has 2 aliphatic rings. The number of nitrogens with zero attached hydrogens (tertiary/aromatic N) is 4. The van der Waals surface area contributed by atoms with Gasteiger partial charge < -0.3 is 14.5 Å². The van der Waals surface area contributed by atoms with Gasteiger partial charge in [0, 0.05) is 51.5 Å². The summed E-state index contributed by atoms with van der Waals surface area (Å²) in [5.74, 6) is 1.71. The molecule has 13 rings (SSSR count). The van der Waals surface area contributed by atoms with E-state index in [1.54, 1.807) is 6.20 Å². The third kappa shape index (κ3) is 10.2. The molecule has 3 heterocycles. The van der Waals surface area contributed by atoms with Gasteiger partial charge in [0.1, 0.15) is 24.0 Å². The lowest BCUT2D eigenvalue weighted by molar-refractivity contribution is 0.332. The lowest BCUT2D eigenvalue weighted by Crippen LogP contribution is -2.33. The van der Waals surface area contributed by atoms with Crippen molar-refractivity contribution in [2.45, 2.75) is 130 Å². The molecule has 9 aromatic carbocycles. The Morgan fingerprint density at radius 2 is 1.08 bits per heavy atom. The second-order valence-electron chi connectivity index (χ2n) is 27.5. The lowest BCUT2D eigenvalue weighted by atomic mass is 9.63. The average molecular weight is 1120 g/mol. The SMILES string of the molecule is [2H]c1c([2H])c([2H])c(C(C)(C)C)c(-c2ccc(-n3c4ccccc4c4ccc(Oc5cccc(N6CN(c7c(-c8c([2H])c([2H])c(-c9ccc(C(C)(C)C)cc9)c([2H])c8[2H])cc(C(C)(C)C)cc7-c7c([2H])c([2H])c8c(c7[2H])C(C)(C)CCC8(C)C)c7ccccc76)c5)cc43)nc2)c1[2H]. The van der Waals surface area contributed by atoms with E-state index in [1.165, 1.54) is 0 Å². The van der Waals surface area contributed by atoms with Crippen molar-refractivity contribution in [2.75, 3.05) is 16.5 Å². The average Bonchev–Trinajstić information content (AvgIpc) is 0.899. The monoisotopic (exact) mass is 1120 g/mol. The maximum absolute atomic E-state index is 10.5. The predicted octanol–water partition coefficient (Wildman–Crippen LogP) is 22.1. The highest BCUT2D eigenvalue weighted by molar-refractivity contribution is 6.09. The molecule has 1 aliphatic heterocycles. The van der Waals surface area contributed by atoms with Crippen molar-refractivity contribution in [3.05, 3.63) is 240 Å². The molecular weight excluding hydrogens is 1030 g/mol. The zero-order valence-electron chi connectivity index (χ0n) is 62.2. The van der Waals surface area contributed by atoms with Gasteiger partial charge >= 0.3 is 0 Å². The van der Waals surface area contributed by atoms with Crippen molar-refractivity contribution in [3.63, 3.8) is 0 Å². The Bertz CT molecular complexity index is 5000. The molecule has 0 bridgehead atoms. The van der Waals surface area contributed by atoms with Crippen LogP contribution in [0.1, 0.15) is 146 Å². The third-order valence-electron chi connectivity index (χ3n) is 17.4. The maximum Gasteiger partial charge on any atom is 0.137 e.